The molecule has 0 unspecified atom stereocenters. The molecule has 4 heteroatoms. The smallest absolute Gasteiger partial charge is 0.160 e. The van der Waals surface area contributed by atoms with Gasteiger partial charge in [0.1, 0.15) is 0 Å². The number of fused-ring (bicyclic) bond motifs is 1. The highest BCUT2D eigenvalue weighted by Crippen LogP contribution is 2.24. The van der Waals surface area contributed by atoms with E-state index in [1.165, 1.54) is 0 Å². The van der Waals surface area contributed by atoms with E-state index in [1.807, 2.05) is 16.8 Å². The maximum absolute atomic E-state index is 6.00. The number of hydrogen-bond acceptors (Lipinski definition) is 2. The molecule has 3 nitrogen and oxygen atoms in total. The number of nitrogens with zero attached hydrogens (tertiary/aromatic N) is 2. The first kappa shape index (κ1) is 11.3. The average Bonchev–Trinajstić information content (AvgIpc) is 2.46. The fraction of sp³-hybridized carbons (Fsp3) is 0.417. The van der Waals surface area contributed by atoms with Gasteiger partial charge in [-0.3, -0.25) is 0 Å². The fourth-order valence-corrected chi connectivity index (χ4v) is 2.02. The number of nitrogen functional groups attached to an aromatic ring is 1. The van der Waals surface area contributed by atoms with Gasteiger partial charge in [-0.15, -0.1) is 0 Å². The molecule has 16 heavy (non-hydrogen) atoms. The van der Waals surface area contributed by atoms with Crippen LogP contribution in [0.15, 0.2) is 18.5 Å². The predicted octanol–water partition coefficient (Wildman–Crippen LogP) is 3.16. The number of anilines is 1. The molecular weight excluding hydrogens is 222 g/mol. The molecule has 86 valence electrons. The van der Waals surface area contributed by atoms with Gasteiger partial charge >= 0.3 is 0 Å². The molecule has 0 aromatic carbocycles. The van der Waals surface area contributed by atoms with Crippen LogP contribution in [-0.2, 0) is 6.42 Å². The lowest BCUT2D eigenvalue weighted by atomic mass is 9.91. The molecule has 0 aliphatic carbocycles. The zero-order valence-electron chi connectivity index (χ0n) is 9.79. The maximum atomic E-state index is 6.00. The first-order chi connectivity index (χ1) is 7.37. The minimum absolute atomic E-state index is 0.215. The molecule has 0 saturated carbocycles. The van der Waals surface area contributed by atoms with Crippen molar-refractivity contribution in [3.05, 3.63) is 29.2 Å². The molecule has 2 rings (SSSR count). The van der Waals surface area contributed by atoms with Crippen molar-refractivity contribution in [2.24, 2.45) is 5.41 Å². The zero-order chi connectivity index (χ0) is 11.9. The maximum Gasteiger partial charge on any atom is 0.160 e. The van der Waals surface area contributed by atoms with Crippen molar-refractivity contribution < 1.29 is 0 Å². The number of hydrogen-bond donors (Lipinski definition) is 1. The Balaban J connectivity index is 2.56. The van der Waals surface area contributed by atoms with Crippen molar-refractivity contribution in [2.45, 2.75) is 27.2 Å². The van der Waals surface area contributed by atoms with E-state index in [0.29, 0.717) is 10.7 Å². The molecule has 2 N–H and O–H groups in total. The van der Waals surface area contributed by atoms with E-state index in [1.54, 1.807) is 6.07 Å². The molecule has 0 saturated heterocycles. The van der Waals surface area contributed by atoms with E-state index < -0.39 is 0 Å². The molecule has 0 atom stereocenters. The Morgan fingerprint density at radius 1 is 1.44 bits per heavy atom. The first-order valence-electron chi connectivity index (χ1n) is 5.28. The summed E-state index contributed by atoms with van der Waals surface area (Å²) in [4.78, 5) is 4.32. The SMILES string of the molecule is CC(C)(C)Cc1cnc2c(N)cc(Cl)cn12. The summed E-state index contributed by atoms with van der Waals surface area (Å²) in [6.07, 6.45) is 4.67. The summed E-state index contributed by atoms with van der Waals surface area (Å²) in [7, 11) is 0. The third-order valence-electron chi connectivity index (χ3n) is 2.39. The third kappa shape index (κ3) is 2.14. The van der Waals surface area contributed by atoms with E-state index in [4.69, 9.17) is 17.3 Å². The van der Waals surface area contributed by atoms with E-state index in [0.717, 1.165) is 17.8 Å². The molecular formula is C12H16ClN3. The Morgan fingerprint density at radius 3 is 2.75 bits per heavy atom. The number of rotatable bonds is 1. The molecule has 0 aliphatic rings. The van der Waals surface area contributed by atoms with Gasteiger partial charge in [0.2, 0.25) is 0 Å². The summed E-state index contributed by atoms with van der Waals surface area (Å²) < 4.78 is 1.98. The van der Waals surface area contributed by atoms with Crippen molar-refractivity contribution in [1.29, 1.82) is 0 Å². The van der Waals surface area contributed by atoms with Gasteiger partial charge in [0, 0.05) is 18.1 Å². The number of aromatic nitrogens is 2. The quantitative estimate of drug-likeness (QED) is 0.828. The van der Waals surface area contributed by atoms with Gasteiger partial charge in [0.25, 0.3) is 0 Å². The molecule has 2 heterocycles. The lowest BCUT2D eigenvalue weighted by molar-refractivity contribution is 0.405. The summed E-state index contributed by atoms with van der Waals surface area (Å²) >= 11 is 6.00. The second kappa shape index (κ2) is 3.67. The summed E-state index contributed by atoms with van der Waals surface area (Å²) in [5.41, 5.74) is 8.62. The van der Waals surface area contributed by atoms with Crippen molar-refractivity contribution in [3.63, 3.8) is 0 Å². The summed E-state index contributed by atoms with van der Waals surface area (Å²) in [5.74, 6) is 0. The van der Waals surface area contributed by atoms with E-state index in [2.05, 4.69) is 25.8 Å². The highest BCUT2D eigenvalue weighted by Gasteiger charge is 2.15. The molecule has 0 spiro atoms. The number of pyridine rings is 1. The predicted molar refractivity (Wildman–Crippen MR) is 67.8 cm³/mol. The van der Waals surface area contributed by atoms with Crippen LogP contribution in [0.2, 0.25) is 5.02 Å². The van der Waals surface area contributed by atoms with Crippen LogP contribution >= 0.6 is 11.6 Å². The van der Waals surface area contributed by atoms with Gasteiger partial charge in [-0.1, -0.05) is 32.4 Å². The van der Waals surface area contributed by atoms with Crippen LogP contribution < -0.4 is 5.73 Å². The van der Waals surface area contributed by atoms with Crippen molar-refractivity contribution >= 4 is 22.9 Å². The third-order valence-corrected chi connectivity index (χ3v) is 2.60. The van der Waals surface area contributed by atoms with E-state index in [9.17, 15) is 0 Å². The van der Waals surface area contributed by atoms with Crippen LogP contribution in [0.5, 0.6) is 0 Å². The second-order valence-electron chi connectivity index (χ2n) is 5.29. The van der Waals surface area contributed by atoms with E-state index in [-0.39, 0.29) is 5.41 Å². The van der Waals surface area contributed by atoms with Crippen LogP contribution in [0.3, 0.4) is 0 Å². The van der Waals surface area contributed by atoms with Crippen LogP contribution in [0.4, 0.5) is 5.69 Å². The molecule has 0 aliphatic heterocycles. The van der Waals surface area contributed by atoms with Gasteiger partial charge in [-0.25, -0.2) is 4.98 Å². The summed E-state index contributed by atoms with van der Waals surface area (Å²) in [5, 5.41) is 0.637. The van der Waals surface area contributed by atoms with Crippen molar-refractivity contribution in [2.75, 3.05) is 5.73 Å². The number of nitrogens with two attached hydrogens (primary N) is 1. The lowest BCUT2D eigenvalue weighted by Crippen LogP contribution is -2.11. The molecule has 2 aromatic rings. The van der Waals surface area contributed by atoms with Gasteiger partial charge in [-0.05, 0) is 17.9 Å². The molecule has 0 radical (unpaired) electrons. The van der Waals surface area contributed by atoms with Gasteiger partial charge < -0.3 is 10.1 Å². The van der Waals surface area contributed by atoms with Gasteiger partial charge in [-0.2, -0.15) is 0 Å². The Bertz CT molecular complexity index is 523. The molecule has 0 amide bonds. The van der Waals surface area contributed by atoms with Crippen molar-refractivity contribution in [1.82, 2.24) is 9.38 Å². The van der Waals surface area contributed by atoms with Crippen LogP contribution in [0.1, 0.15) is 26.5 Å². The van der Waals surface area contributed by atoms with E-state index >= 15 is 0 Å². The lowest BCUT2D eigenvalue weighted by Gasteiger charge is -2.17. The largest absolute Gasteiger partial charge is 0.396 e. The van der Waals surface area contributed by atoms with Gasteiger partial charge in [0.05, 0.1) is 10.7 Å². The number of imidazole rings is 1. The zero-order valence-corrected chi connectivity index (χ0v) is 10.5. The Kier molecular flexibility index (Phi) is 2.58. The summed E-state index contributed by atoms with van der Waals surface area (Å²) in [6.45, 7) is 6.58. The highest BCUT2D eigenvalue weighted by molar-refractivity contribution is 6.30. The summed E-state index contributed by atoms with van der Waals surface area (Å²) in [6, 6.07) is 1.73. The van der Waals surface area contributed by atoms with Gasteiger partial charge in [0.15, 0.2) is 5.65 Å². The Hall–Kier alpha value is -1.22. The Morgan fingerprint density at radius 2 is 2.12 bits per heavy atom. The van der Waals surface area contributed by atoms with Crippen LogP contribution in [0, 0.1) is 5.41 Å². The Labute approximate surface area is 100 Å². The standard InChI is InChI=1S/C12H16ClN3/c1-12(2,3)5-9-6-15-11-10(14)4-8(13)7-16(9)11/h4,6-7H,5,14H2,1-3H3. The normalized spacial score (nSPS) is 12.2. The number of halogens is 1. The second-order valence-corrected chi connectivity index (χ2v) is 5.73. The monoisotopic (exact) mass is 237 g/mol. The highest BCUT2D eigenvalue weighted by atomic mass is 35.5. The van der Waals surface area contributed by atoms with Crippen LogP contribution in [0.25, 0.3) is 5.65 Å². The molecule has 2 aromatic heterocycles. The molecule has 0 fully saturated rings. The van der Waals surface area contributed by atoms with Crippen molar-refractivity contribution in [3.8, 4) is 0 Å². The fourth-order valence-electron chi connectivity index (χ4n) is 1.80. The van der Waals surface area contributed by atoms with Crippen LogP contribution in [-0.4, -0.2) is 9.38 Å². The minimum Gasteiger partial charge on any atom is -0.396 e. The molecule has 0 bridgehead atoms. The average molecular weight is 238 g/mol. The minimum atomic E-state index is 0.215. The topological polar surface area (TPSA) is 43.3 Å². The first-order valence-corrected chi connectivity index (χ1v) is 5.65.